The number of non-ortho nitro benzene ring substituents is 1. The lowest BCUT2D eigenvalue weighted by Gasteiger charge is -2.06. The van der Waals surface area contributed by atoms with Gasteiger partial charge in [0.15, 0.2) is 0 Å². The molecule has 0 aliphatic heterocycles. The number of nitrogens with one attached hydrogen (secondary N) is 1. The van der Waals surface area contributed by atoms with E-state index in [0.717, 1.165) is 6.07 Å². The molecule has 2 rings (SSSR count). The van der Waals surface area contributed by atoms with Gasteiger partial charge in [-0.25, -0.2) is 9.67 Å². The third-order valence-corrected chi connectivity index (χ3v) is 2.69. The standard InChI is InChI=1S/C11H7ClN6O3/c12-8-3-7(18(20)21)1-2-9(8)15-11(19)5-17-6-14-10(4-13)16-17/h1-3,6H,5H2,(H,15,19). The molecule has 0 atom stereocenters. The number of nitro groups is 1. The highest BCUT2D eigenvalue weighted by Gasteiger charge is 2.12. The van der Waals surface area contributed by atoms with Crippen LogP contribution >= 0.6 is 11.6 Å². The zero-order valence-electron chi connectivity index (χ0n) is 10.4. The number of rotatable bonds is 4. The quantitative estimate of drug-likeness (QED) is 0.671. The summed E-state index contributed by atoms with van der Waals surface area (Å²) in [6.45, 7) is -0.165. The smallest absolute Gasteiger partial charge is 0.271 e. The van der Waals surface area contributed by atoms with Gasteiger partial charge in [0.1, 0.15) is 18.9 Å². The Morgan fingerprint density at radius 3 is 2.90 bits per heavy atom. The number of anilines is 1. The van der Waals surface area contributed by atoms with Crippen LogP contribution in [0.3, 0.4) is 0 Å². The first-order chi connectivity index (χ1) is 9.99. The molecule has 1 amide bonds. The van der Waals surface area contributed by atoms with Crippen LogP contribution in [0.1, 0.15) is 5.82 Å². The van der Waals surface area contributed by atoms with Crippen LogP contribution in [0.5, 0.6) is 0 Å². The number of aromatic nitrogens is 3. The van der Waals surface area contributed by atoms with Crippen LogP contribution < -0.4 is 5.32 Å². The number of hydrogen-bond acceptors (Lipinski definition) is 6. The molecule has 0 aliphatic carbocycles. The minimum absolute atomic E-state index is 0.0452. The fourth-order valence-electron chi connectivity index (χ4n) is 1.48. The minimum Gasteiger partial charge on any atom is -0.323 e. The average Bonchev–Trinajstić information content (AvgIpc) is 2.88. The van der Waals surface area contributed by atoms with E-state index in [4.69, 9.17) is 16.9 Å². The second-order valence-electron chi connectivity index (χ2n) is 3.85. The van der Waals surface area contributed by atoms with Crippen molar-refractivity contribution >= 4 is 28.9 Å². The second-order valence-corrected chi connectivity index (χ2v) is 4.25. The molecule has 106 valence electrons. The number of carbonyl (C=O) groups is 1. The Hall–Kier alpha value is -2.99. The van der Waals surface area contributed by atoms with Crippen LogP contribution in [0.4, 0.5) is 11.4 Å². The summed E-state index contributed by atoms with van der Waals surface area (Å²) in [4.78, 5) is 25.4. The summed E-state index contributed by atoms with van der Waals surface area (Å²) in [5.74, 6) is -0.503. The summed E-state index contributed by atoms with van der Waals surface area (Å²) in [7, 11) is 0. The van der Waals surface area contributed by atoms with Crippen molar-refractivity contribution in [3.05, 3.63) is 45.5 Å². The second kappa shape index (κ2) is 5.98. The van der Waals surface area contributed by atoms with Gasteiger partial charge in [0, 0.05) is 12.1 Å². The highest BCUT2D eigenvalue weighted by atomic mass is 35.5. The summed E-state index contributed by atoms with van der Waals surface area (Å²) >= 11 is 5.85. The molecule has 1 aromatic carbocycles. The van der Waals surface area contributed by atoms with Gasteiger partial charge in [-0.3, -0.25) is 14.9 Å². The largest absolute Gasteiger partial charge is 0.323 e. The number of amides is 1. The molecule has 0 saturated heterocycles. The molecular weight excluding hydrogens is 300 g/mol. The predicted molar refractivity (Wildman–Crippen MR) is 71.5 cm³/mol. The minimum atomic E-state index is -0.587. The molecule has 0 spiro atoms. The number of carbonyl (C=O) groups excluding carboxylic acids is 1. The highest BCUT2D eigenvalue weighted by Crippen LogP contribution is 2.26. The Morgan fingerprint density at radius 1 is 1.57 bits per heavy atom. The third-order valence-electron chi connectivity index (χ3n) is 2.38. The van der Waals surface area contributed by atoms with E-state index in [9.17, 15) is 14.9 Å². The number of hydrogen-bond donors (Lipinski definition) is 1. The van der Waals surface area contributed by atoms with Crippen LogP contribution in [0, 0.1) is 21.4 Å². The maximum Gasteiger partial charge on any atom is 0.271 e. The Balaban J connectivity index is 2.06. The first-order valence-corrected chi connectivity index (χ1v) is 5.90. The lowest BCUT2D eigenvalue weighted by atomic mass is 10.3. The van der Waals surface area contributed by atoms with Crippen LogP contribution in [0.2, 0.25) is 5.02 Å². The highest BCUT2D eigenvalue weighted by molar-refractivity contribution is 6.33. The van der Waals surface area contributed by atoms with Crippen molar-refractivity contribution in [2.45, 2.75) is 6.54 Å². The van der Waals surface area contributed by atoms with Gasteiger partial charge in [0.25, 0.3) is 11.5 Å². The summed E-state index contributed by atoms with van der Waals surface area (Å²) in [5.41, 5.74) is 0.0702. The van der Waals surface area contributed by atoms with Crippen molar-refractivity contribution < 1.29 is 9.72 Å². The fourth-order valence-corrected chi connectivity index (χ4v) is 1.70. The van der Waals surface area contributed by atoms with Gasteiger partial charge in [-0.05, 0) is 6.07 Å². The van der Waals surface area contributed by atoms with Crippen molar-refractivity contribution in [3.8, 4) is 6.07 Å². The van der Waals surface area contributed by atoms with Gasteiger partial charge in [0.05, 0.1) is 15.6 Å². The molecular formula is C11H7ClN6O3. The molecule has 1 aromatic heterocycles. The first kappa shape index (κ1) is 14.4. The summed E-state index contributed by atoms with van der Waals surface area (Å²) < 4.78 is 1.19. The summed E-state index contributed by atoms with van der Waals surface area (Å²) in [6.07, 6.45) is 1.25. The van der Waals surface area contributed by atoms with Crippen molar-refractivity contribution in [3.63, 3.8) is 0 Å². The number of nitrogens with zero attached hydrogens (tertiary/aromatic N) is 5. The van der Waals surface area contributed by atoms with Gasteiger partial charge < -0.3 is 5.32 Å². The molecule has 9 nitrogen and oxygen atoms in total. The van der Waals surface area contributed by atoms with Gasteiger partial charge in [-0.15, -0.1) is 5.10 Å². The fraction of sp³-hybridized carbons (Fsp3) is 0.0909. The van der Waals surface area contributed by atoms with Crippen molar-refractivity contribution in [2.75, 3.05) is 5.32 Å². The van der Waals surface area contributed by atoms with Crippen LogP contribution in [0.25, 0.3) is 0 Å². The van der Waals surface area contributed by atoms with E-state index in [1.807, 2.05) is 0 Å². The Morgan fingerprint density at radius 2 is 2.33 bits per heavy atom. The molecule has 0 bridgehead atoms. The molecule has 0 unspecified atom stereocenters. The normalized spacial score (nSPS) is 9.90. The maximum atomic E-state index is 11.8. The van der Waals surface area contributed by atoms with Gasteiger partial charge >= 0.3 is 0 Å². The van der Waals surface area contributed by atoms with Crippen molar-refractivity contribution in [2.24, 2.45) is 0 Å². The Kier molecular flexibility index (Phi) is 4.10. The monoisotopic (exact) mass is 306 g/mol. The van der Waals surface area contributed by atoms with E-state index in [2.05, 4.69) is 15.4 Å². The van der Waals surface area contributed by atoms with Crippen LogP contribution in [0.15, 0.2) is 24.5 Å². The van der Waals surface area contributed by atoms with Gasteiger partial charge in [0.2, 0.25) is 5.91 Å². The lowest BCUT2D eigenvalue weighted by molar-refractivity contribution is -0.384. The predicted octanol–water partition coefficient (Wildman–Crippen LogP) is 1.35. The van der Waals surface area contributed by atoms with E-state index < -0.39 is 10.8 Å². The van der Waals surface area contributed by atoms with Crippen LogP contribution in [-0.2, 0) is 11.3 Å². The SMILES string of the molecule is N#Cc1ncn(CC(=O)Nc2ccc([N+](=O)[O-])cc2Cl)n1. The number of benzene rings is 1. The molecule has 1 N–H and O–H groups in total. The van der Waals surface area contributed by atoms with Gasteiger partial charge in [-0.2, -0.15) is 5.26 Å². The molecule has 0 fully saturated rings. The van der Waals surface area contributed by atoms with E-state index in [-0.39, 0.29) is 28.8 Å². The number of halogens is 1. The van der Waals surface area contributed by atoms with E-state index in [1.165, 1.54) is 23.1 Å². The molecule has 2 aromatic rings. The Bertz CT molecular complexity index is 751. The van der Waals surface area contributed by atoms with Crippen LogP contribution in [-0.4, -0.2) is 25.6 Å². The average molecular weight is 307 g/mol. The summed E-state index contributed by atoms with van der Waals surface area (Å²) in [6, 6.07) is 5.44. The molecule has 0 radical (unpaired) electrons. The first-order valence-electron chi connectivity index (χ1n) is 5.53. The Labute approximate surface area is 122 Å². The zero-order valence-corrected chi connectivity index (χ0v) is 11.1. The molecule has 10 heteroatoms. The molecule has 21 heavy (non-hydrogen) atoms. The molecule has 1 heterocycles. The van der Waals surface area contributed by atoms with Crippen molar-refractivity contribution in [1.29, 1.82) is 5.26 Å². The third kappa shape index (κ3) is 3.52. The van der Waals surface area contributed by atoms with E-state index in [1.54, 1.807) is 6.07 Å². The zero-order chi connectivity index (χ0) is 15.4. The van der Waals surface area contributed by atoms with E-state index >= 15 is 0 Å². The maximum absolute atomic E-state index is 11.8. The van der Waals surface area contributed by atoms with E-state index in [0.29, 0.717) is 0 Å². The number of nitro benzene ring substituents is 1. The molecule has 0 aliphatic rings. The van der Waals surface area contributed by atoms with Crippen molar-refractivity contribution in [1.82, 2.24) is 14.8 Å². The number of nitriles is 1. The lowest BCUT2D eigenvalue weighted by Crippen LogP contribution is -2.19. The summed E-state index contributed by atoms with van der Waals surface area (Å²) in [5, 5.41) is 25.4. The molecule has 0 saturated carbocycles. The van der Waals surface area contributed by atoms with Gasteiger partial charge in [-0.1, -0.05) is 11.6 Å². The topological polar surface area (TPSA) is 127 Å².